The lowest BCUT2D eigenvalue weighted by Gasteiger charge is -2.37. The maximum absolute atomic E-state index is 9.67. The molecule has 0 bridgehead atoms. The van der Waals surface area contributed by atoms with Gasteiger partial charge in [-0.15, -0.1) is 0 Å². The van der Waals surface area contributed by atoms with Gasteiger partial charge in [-0.3, -0.25) is 4.90 Å². The zero-order valence-corrected chi connectivity index (χ0v) is 10.1. The lowest BCUT2D eigenvalue weighted by atomic mass is 9.97. The van der Waals surface area contributed by atoms with Gasteiger partial charge in [0.05, 0.1) is 24.9 Å². The molecule has 0 aliphatic carbocycles. The number of ether oxygens (including phenoxy) is 1. The first-order valence-electron chi connectivity index (χ1n) is 6.38. The average Bonchev–Trinajstić information content (AvgIpc) is 3.14. The maximum Gasteiger partial charge on any atom is 0.0994 e. The Bertz CT molecular complexity index is 381. The van der Waals surface area contributed by atoms with Crippen LogP contribution in [0.5, 0.6) is 0 Å². The van der Waals surface area contributed by atoms with E-state index in [1.807, 2.05) is 18.2 Å². The van der Waals surface area contributed by atoms with Gasteiger partial charge in [-0.2, -0.15) is 0 Å². The number of hydrogen-bond acceptors (Lipinski definition) is 3. The molecule has 17 heavy (non-hydrogen) atoms. The molecule has 3 nitrogen and oxygen atoms in total. The van der Waals surface area contributed by atoms with Gasteiger partial charge < -0.3 is 9.84 Å². The minimum atomic E-state index is 0.108. The number of benzene rings is 1. The molecular weight excluding hydrogens is 214 g/mol. The fourth-order valence-electron chi connectivity index (χ4n) is 3.00. The van der Waals surface area contributed by atoms with E-state index in [-0.39, 0.29) is 12.6 Å². The summed E-state index contributed by atoms with van der Waals surface area (Å²) < 4.78 is 5.63. The Kier molecular flexibility index (Phi) is 2.90. The van der Waals surface area contributed by atoms with E-state index in [9.17, 15) is 5.11 Å². The minimum absolute atomic E-state index is 0.108. The van der Waals surface area contributed by atoms with Gasteiger partial charge in [0.1, 0.15) is 0 Å². The number of fused-ring (bicyclic) bond motifs is 1. The van der Waals surface area contributed by atoms with E-state index in [0.717, 1.165) is 13.0 Å². The summed E-state index contributed by atoms with van der Waals surface area (Å²) in [6.45, 7) is 3.39. The normalized spacial score (nSPS) is 34.1. The Morgan fingerprint density at radius 2 is 2.18 bits per heavy atom. The van der Waals surface area contributed by atoms with E-state index in [1.165, 1.54) is 5.56 Å². The van der Waals surface area contributed by atoms with Crippen LogP contribution in [0.4, 0.5) is 0 Å². The maximum atomic E-state index is 9.67. The van der Waals surface area contributed by atoms with Crippen LogP contribution in [-0.2, 0) is 4.74 Å². The van der Waals surface area contributed by atoms with Crippen molar-refractivity contribution in [1.29, 1.82) is 0 Å². The fraction of sp³-hybridized carbons (Fsp3) is 0.571. The molecular formula is C14H19NO2. The SMILES string of the molecule is C[C@H]1[C@H]2O[C@H]2CCN1[C@@H](CO)c1ccccc1. The first kappa shape index (κ1) is 11.2. The number of piperidine rings is 1. The van der Waals surface area contributed by atoms with Crippen LogP contribution in [0.1, 0.15) is 24.9 Å². The predicted molar refractivity (Wildman–Crippen MR) is 65.7 cm³/mol. The Morgan fingerprint density at radius 1 is 1.41 bits per heavy atom. The van der Waals surface area contributed by atoms with E-state index < -0.39 is 0 Å². The van der Waals surface area contributed by atoms with Crippen LogP contribution in [-0.4, -0.2) is 41.4 Å². The average molecular weight is 233 g/mol. The first-order valence-corrected chi connectivity index (χ1v) is 6.38. The third-order valence-corrected chi connectivity index (χ3v) is 4.05. The molecule has 0 aromatic heterocycles. The smallest absolute Gasteiger partial charge is 0.0994 e. The summed E-state index contributed by atoms with van der Waals surface area (Å²) in [5.74, 6) is 0. The second-order valence-corrected chi connectivity index (χ2v) is 5.02. The molecule has 3 rings (SSSR count). The van der Waals surface area contributed by atoms with E-state index in [4.69, 9.17) is 4.74 Å². The van der Waals surface area contributed by atoms with Crippen LogP contribution >= 0.6 is 0 Å². The fourth-order valence-corrected chi connectivity index (χ4v) is 3.00. The van der Waals surface area contributed by atoms with Crippen molar-refractivity contribution < 1.29 is 9.84 Å². The number of aliphatic hydroxyl groups is 1. The second kappa shape index (κ2) is 4.41. The highest BCUT2D eigenvalue weighted by atomic mass is 16.6. The highest BCUT2D eigenvalue weighted by Crippen LogP contribution is 2.39. The standard InChI is InChI=1S/C14H19NO2/c1-10-14-13(17-14)7-8-15(10)12(9-16)11-5-3-2-4-6-11/h2-6,10,12-14,16H,7-9H2,1H3/t10-,12-,13-,14+/m0/s1. The molecule has 92 valence electrons. The highest BCUT2D eigenvalue weighted by Gasteiger charge is 2.49. The van der Waals surface area contributed by atoms with Crippen molar-refractivity contribution in [3.05, 3.63) is 35.9 Å². The van der Waals surface area contributed by atoms with Crippen molar-refractivity contribution >= 4 is 0 Å². The van der Waals surface area contributed by atoms with Gasteiger partial charge in [0, 0.05) is 12.6 Å². The predicted octanol–water partition coefficient (Wildman–Crippen LogP) is 1.58. The van der Waals surface area contributed by atoms with Gasteiger partial charge in [0.15, 0.2) is 0 Å². The van der Waals surface area contributed by atoms with Crippen LogP contribution in [0.2, 0.25) is 0 Å². The number of aliphatic hydroxyl groups excluding tert-OH is 1. The molecule has 2 aliphatic rings. The zero-order chi connectivity index (χ0) is 11.8. The van der Waals surface area contributed by atoms with Crippen LogP contribution in [0.15, 0.2) is 30.3 Å². The quantitative estimate of drug-likeness (QED) is 0.805. The number of likely N-dealkylation sites (tertiary alicyclic amines) is 1. The summed E-state index contributed by atoms with van der Waals surface area (Å²) >= 11 is 0. The number of nitrogens with zero attached hydrogens (tertiary/aromatic N) is 1. The van der Waals surface area contributed by atoms with Crippen molar-refractivity contribution in [2.24, 2.45) is 0 Å². The molecule has 0 radical (unpaired) electrons. The van der Waals surface area contributed by atoms with Gasteiger partial charge in [-0.05, 0) is 18.9 Å². The molecule has 2 saturated heterocycles. The molecule has 2 heterocycles. The molecule has 4 atom stereocenters. The number of rotatable bonds is 3. The molecule has 1 aromatic rings. The van der Waals surface area contributed by atoms with E-state index >= 15 is 0 Å². The molecule has 2 aliphatic heterocycles. The Labute approximate surface area is 102 Å². The summed E-state index contributed by atoms with van der Waals surface area (Å²) in [6, 6.07) is 10.8. The van der Waals surface area contributed by atoms with Crippen molar-refractivity contribution in [1.82, 2.24) is 4.90 Å². The summed E-state index contributed by atoms with van der Waals surface area (Å²) in [7, 11) is 0. The molecule has 0 spiro atoms. The molecule has 0 saturated carbocycles. The van der Waals surface area contributed by atoms with Crippen LogP contribution < -0.4 is 0 Å². The van der Waals surface area contributed by atoms with Crippen molar-refractivity contribution in [2.45, 2.75) is 37.6 Å². The van der Waals surface area contributed by atoms with E-state index in [1.54, 1.807) is 0 Å². The molecule has 1 N–H and O–H groups in total. The Morgan fingerprint density at radius 3 is 2.88 bits per heavy atom. The highest BCUT2D eigenvalue weighted by molar-refractivity contribution is 5.20. The van der Waals surface area contributed by atoms with Crippen LogP contribution in [0, 0.1) is 0 Å². The lowest BCUT2D eigenvalue weighted by molar-refractivity contribution is 0.0715. The van der Waals surface area contributed by atoms with Gasteiger partial charge in [0.25, 0.3) is 0 Å². The summed E-state index contributed by atoms with van der Waals surface area (Å²) in [4.78, 5) is 2.38. The van der Waals surface area contributed by atoms with Crippen LogP contribution in [0.3, 0.4) is 0 Å². The second-order valence-electron chi connectivity index (χ2n) is 5.02. The van der Waals surface area contributed by atoms with E-state index in [0.29, 0.717) is 18.2 Å². The molecule has 3 heteroatoms. The van der Waals surface area contributed by atoms with Gasteiger partial charge in [0.2, 0.25) is 0 Å². The van der Waals surface area contributed by atoms with Gasteiger partial charge in [-0.25, -0.2) is 0 Å². The summed E-state index contributed by atoms with van der Waals surface area (Å²) in [6.07, 6.45) is 1.97. The van der Waals surface area contributed by atoms with Crippen molar-refractivity contribution in [3.8, 4) is 0 Å². The largest absolute Gasteiger partial charge is 0.394 e. The van der Waals surface area contributed by atoms with Gasteiger partial charge >= 0.3 is 0 Å². The summed E-state index contributed by atoms with van der Waals surface area (Å²) in [5, 5.41) is 9.67. The van der Waals surface area contributed by atoms with Crippen molar-refractivity contribution in [2.75, 3.05) is 13.2 Å². The number of hydrogen-bond donors (Lipinski definition) is 1. The number of epoxide rings is 1. The van der Waals surface area contributed by atoms with Crippen molar-refractivity contribution in [3.63, 3.8) is 0 Å². The minimum Gasteiger partial charge on any atom is -0.394 e. The third-order valence-electron chi connectivity index (χ3n) is 4.05. The third kappa shape index (κ3) is 1.99. The van der Waals surface area contributed by atoms with Crippen LogP contribution in [0.25, 0.3) is 0 Å². The van der Waals surface area contributed by atoms with Gasteiger partial charge in [-0.1, -0.05) is 30.3 Å². The van der Waals surface area contributed by atoms with E-state index in [2.05, 4.69) is 24.0 Å². The topological polar surface area (TPSA) is 36.0 Å². The molecule has 0 unspecified atom stereocenters. The monoisotopic (exact) mass is 233 g/mol. The Balaban J connectivity index is 1.80. The summed E-state index contributed by atoms with van der Waals surface area (Å²) in [5.41, 5.74) is 1.20. The molecule has 2 fully saturated rings. The Hall–Kier alpha value is -0.900. The molecule has 1 aromatic carbocycles. The lowest BCUT2D eigenvalue weighted by Crippen LogP contribution is -2.45. The zero-order valence-electron chi connectivity index (χ0n) is 10.1. The molecule has 0 amide bonds. The first-order chi connectivity index (χ1) is 8.31.